The molecule has 0 bridgehead atoms. The molecule has 1 aromatic heterocycles. The molecule has 5 nitrogen and oxygen atoms in total. The predicted octanol–water partition coefficient (Wildman–Crippen LogP) is 7.31. The van der Waals surface area contributed by atoms with Crippen molar-refractivity contribution in [3.05, 3.63) is 105 Å². The Morgan fingerprint density at radius 1 is 1.03 bits per heavy atom. The minimum Gasteiger partial charge on any atom is -0.494 e. The lowest BCUT2D eigenvalue weighted by atomic mass is 9.95. The van der Waals surface area contributed by atoms with Crippen molar-refractivity contribution >= 4 is 29.1 Å². The Labute approximate surface area is 214 Å². The van der Waals surface area contributed by atoms with Gasteiger partial charge in [0.1, 0.15) is 11.4 Å². The van der Waals surface area contributed by atoms with E-state index < -0.39 is 0 Å². The first kappa shape index (κ1) is 23.5. The van der Waals surface area contributed by atoms with Gasteiger partial charge in [-0.3, -0.25) is 9.89 Å². The molecule has 0 radical (unpaired) electrons. The quantitative estimate of drug-likeness (QED) is 0.255. The van der Waals surface area contributed by atoms with Crippen LogP contribution in [0.15, 0.2) is 72.8 Å². The zero-order chi connectivity index (χ0) is 24.4. The number of carbonyl (C=O) groups excluding carboxylic acids is 1. The molecule has 3 aromatic carbocycles. The van der Waals surface area contributed by atoms with Crippen molar-refractivity contribution in [2.75, 3.05) is 6.61 Å². The van der Waals surface area contributed by atoms with Crippen LogP contribution in [0.1, 0.15) is 53.0 Å². The highest BCUT2D eigenvalue weighted by Gasteiger charge is 2.42. The van der Waals surface area contributed by atoms with Crippen LogP contribution in [-0.2, 0) is 6.54 Å². The number of carbonyl (C=O) groups is 1. The number of hydrogen-bond donors (Lipinski definition) is 1. The van der Waals surface area contributed by atoms with Crippen LogP contribution < -0.4 is 4.74 Å². The second kappa shape index (κ2) is 10.1. The number of nitrogens with zero attached hydrogens (tertiary/aromatic N) is 2. The van der Waals surface area contributed by atoms with E-state index in [2.05, 4.69) is 17.1 Å². The molecule has 4 aromatic rings. The highest BCUT2D eigenvalue weighted by atomic mass is 35.5. The summed E-state index contributed by atoms with van der Waals surface area (Å²) in [7, 11) is 0. The average Bonchev–Trinajstić information content (AvgIpc) is 3.40. The first-order chi connectivity index (χ1) is 17.1. The summed E-state index contributed by atoms with van der Waals surface area (Å²) < 4.78 is 5.98. The number of benzene rings is 3. The Morgan fingerprint density at radius 3 is 2.60 bits per heavy atom. The van der Waals surface area contributed by atoms with Gasteiger partial charge in [-0.15, -0.1) is 0 Å². The van der Waals surface area contributed by atoms with E-state index in [1.807, 2.05) is 77.7 Å². The van der Waals surface area contributed by atoms with Crippen LogP contribution in [0.2, 0.25) is 10.0 Å². The van der Waals surface area contributed by atoms with Crippen molar-refractivity contribution in [2.45, 2.75) is 32.4 Å². The Kier molecular flexibility index (Phi) is 6.80. The summed E-state index contributed by atoms with van der Waals surface area (Å²) in [4.78, 5) is 15.5. The molecule has 2 heterocycles. The van der Waals surface area contributed by atoms with Crippen molar-refractivity contribution in [3.8, 4) is 17.0 Å². The number of aromatic nitrogens is 2. The Bertz CT molecular complexity index is 1350. The van der Waals surface area contributed by atoms with Crippen LogP contribution in [0.5, 0.6) is 5.75 Å². The number of amides is 1. The van der Waals surface area contributed by atoms with Crippen LogP contribution in [0.25, 0.3) is 11.3 Å². The summed E-state index contributed by atoms with van der Waals surface area (Å²) in [5.41, 5.74) is 4.79. The van der Waals surface area contributed by atoms with Gasteiger partial charge < -0.3 is 9.64 Å². The smallest absolute Gasteiger partial charge is 0.273 e. The minimum absolute atomic E-state index is 0.116. The Hall–Kier alpha value is -3.28. The number of hydrogen-bond acceptors (Lipinski definition) is 3. The molecule has 1 unspecified atom stereocenters. The van der Waals surface area contributed by atoms with Crippen LogP contribution in [0.4, 0.5) is 0 Å². The van der Waals surface area contributed by atoms with Crippen molar-refractivity contribution < 1.29 is 9.53 Å². The van der Waals surface area contributed by atoms with Gasteiger partial charge in [-0.2, -0.15) is 5.10 Å². The van der Waals surface area contributed by atoms with Crippen LogP contribution >= 0.6 is 23.2 Å². The van der Waals surface area contributed by atoms with Gasteiger partial charge in [0.15, 0.2) is 0 Å². The standard InChI is InChI=1S/C28H25Cl2N3O2/c1-2-3-15-35-22-9-6-8-19(16-22)27-24-25(18-11-13-21(29)14-12-18)31-32-26(24)28(34)33(27)17-20-7-4-5-10-23(20)30/h4-14,16,27H,2-3,15,17H2,1H3,(H,31,32). The molecule has 7 heteroatoms. The summed E-state index contributed by atoms with van der Waals surface area (Å²) in [5, 5.41) is 8.80. The summed E-state index contributed by atoms with van der Waals surface area (Å²) in [6, 6.07) is 22.7. The number of aromatic amines is 1. The molecule has 178 valence electrons. The Morgan fingerprint density at radius 2 is 1.83 bits per heavy atom. The summed E-state index contributed by atoms with van der Waals surface area (Å²) >= 11 is 12.6. The topological polar surface area (TPSA) is 58.2 Å². The maximum Gasteiger partial charge on any atom is 0.273 e. The van der Waals surface area contributed by atoms with Gasteiger partial charge in [-0.1, -0.05) is 79.0 Å². The number of unbranched alkanes of at least 4 members (excludes halogenated alkanes) is 1. The van der Waals surface area contributed by atoms with Gasteiger partial charge in [-0.05, 0) is 47.9 Å². The molecule has 1 amide bonds. The van der Waals surface area contributed by atoms with Gasteiger partial charge in [0, 0.05) is 27.7 Å². The number of halogens is 2. The number of nitrogens with one attached hydrogen (secondary N) is 1. The second-order valence-electron chi connectivity index (χ2n) is 8.57. The molecule has 0 aliphatic carbocycles. The zero-order valence-corrected chi connectivity index (χ0v) is 20.8. The largest absolute Gasteiger partial charge is 0.494 e. The molecular formula is C28H25Cl2N3O2. The summed E-state index contributed by atoms with van der Waals surface area (Å²) in [6.45, 7) is 3.15. The van der Waals surface area contributed by atoms with E-state index in [1.165, 1.54) is 0 Å². The lowest BCUT2D eigenvalue weighted by molar-refractivity contribution is 0.0730. The number of ether oxygens (including phenoxy) is 1. The molecule has 1 aliphatic heterocycles. The van der Waals surface area contributed by atoms with Gasteiger partial charge in [0.2, 0.25) is 0 Å². The fourth-order valence-electron chi connectivity index (χ4n) is 4.45. The van der Waals surface area contributed by atoms with E-state index in [1.54, 1.807) is 0 Å². The fraction of sp³-hybridized carbons (Fsp3) is 0.214. The van der Waals surface area contributed by atoms with Crippen molar-refractivity contribution in [1.29, 1.82) is 0 Å². The normalized spacial score (nSPS) is 14.9. The lowest BCUT2D eigenvalue weighted by Gasteiger charge is -2.27. The molecule has 0 saturated carbocycles. The third-order valence-corrected chi connectivity index (χ3v) is 6.84. The van der Waals surface area contributed by atoms with Crippen LogP contribution in [0.3, 0.4) is 0 Å². The van der Waals surface area contributed by atoms with Gasteiger partial charge in [0.05, 0.1) is 18.3 Å². The first-order valence-corrected chi connectivity index (χ1v) is 12.4. The number of H-pyrrole nitrogens is 1. The maximum absolute atomic E-state index is 13.6. The molecule has 1 N–H and O–H groups in total. The van der Waals surface area contributed by atoms with E-state index in [-0.39, 0.29) is 11.9 Å². The average molecular weight is 506 g/mol. The molecule has 0 spiro atoms. The summed E-state index contributed by atoms with van der Waals surface area (Å²) in [5.74, 6) is 0.668. The van der Waals surface area contributed by atoms with Crippen LogP contribution in [0, 0.1) is 0 Å². The van der Waals surface area contributed by atoms with Crippen molar-refractivity contribution in [2.24, 2.45) is 0 Å². The van der Waals surface area contributed by atoms with Crippen LogP contribution in [-0.4, -0.2) is 27.6 Å². The molecule has 0 fully saturated rings. The van der Waals surface area contributed by atoms with Gasteiger partial charge in [0.25, 0.3) is 5.91 Å². The second-order valence-corrected chi connectivity index (χ2v) is 9.41. The minimum atomic E-state index is -0.354. The molecular weight excluding hydrogens is 481 g/mol. The molecule has 5 rings (SSSR count). The number of rotatable bonds is 8. The van der Waals surface area contributed by atoms with E-state index in [0.29, 0.717) is 28.9 Å². The van der Waals surface area contributed by atoms with Gasteiger partial charge >= 0.3 is 0 Å². The maximum atomic E-state index is 13.6. The van der Waals surface area contributed by atoms with Crippen molar-refractivity contribution in [3.63, 3.8) is 0 Å². The van der Waals surface area contributed by atoms with E-state index >= 15 is 0 Å². The molecule has 1 aliphatic rings. The SMILES string of the molecule is CCCCOc1cccc(C2c3c(-c4ccc(Cl)cc4)n[nH]c3C(=O)N2Cc2ccccc2Cl)c1. The predicted molar refractivity (Wildman–Crippen MR) is 139 cm³/mol. The van der Waals surface area contributed by atoms with Crippen molar-refractivity contribution in [1.82, 2.24) is 15.1 Å². The Balaban J connectivity index is 1.60. The highest BCUT2D eigenvalue weighted by molar-refractivity contribution is 6.31. The third-order valence-electron chi connectivity index (χ3n) is 6.22. The lowest BCUT2D eigenvalue weighted by Crippen LogP contribution is -2.29. The molecule has 1 atom stereocenters. The van der Waals surface area contributed by atoms with E-state index in [4.69, 9.17) is 27.9 Å². The fourth-order valence-corrected chi connectivity index (χ4v) is 4.77. The van der Waals surface area contributed by atoms with E-state index in [9.17, 15) is 4.79 Å². The highest BCUT2D eigenvalue weighted by Crippen LogP contribution is 2.44. The third kappa shape index (κ3) is 4.66. The monoisotopic (exact) mass is 505 g/mol. The summed E-state index contributed by atoms with van der Waals surface area (Å²) in [6.07, 6.45) is 2.04. The zero-order valence-electron chi connectivity index (χ0n) is 19.3. The number of fused-ring (bicyclic) bond motifs is 1. The molecule has 35 heavy (non-hydrogen) atoms. The van der Waals surface area contributed by atoms with Gasteiger partial charge in [-0.25, -0.2) is 0 Å². The van der Waals surface area contributed by atoms with E-state index in [0.717, 1.165) is 46.5 Å². The molecule has 0 saturated heterocycles. The first-order valence-electron chi connectivity index (χ1n) is 11.7.